The zero-order chi connectivity index (χ0) is 26.6. The lowest BCUT2D eigenvalue weighted by Gasteiger charge is -2.19. The number of nitrogens with one attached hydrogen (secondary N) is 3. The number of anilines is 3. The van der Waals surface area contributed by atoms with Crippen molar-refractivity contribution in [1.29, 1.82) is 0 Å². The standard InChI is InChI=1S/C23H20ClF3N6O4/c24-15-5-3-14(4-6-15)22(9-10-22)33-20-30-19(31-21(32-20)37-12-23(25,26)27)29-16-7-1-13(2-8-16)18(36)28-11-17(34)35/h1-8H,9-12H2,(H,28,36)(H,34,35)(H2,29,30,31,32,33). The largest absolute Gasteiger partial charge is 0.480 e. The number of nitrogens with zero attached hydrogens (tertiary/aromatic N) is 3. The molecule has 4 N–H and O–H groups in total. The van der Waals surface area contributed by atoms with Gasteiger partial charge in [0.15, 0.2) is 6.61 Å². The summed E-state index contributed by atoms with van der Waals surface area (Å²) in [6.07, 6.45) is -3.10. The molecule has 194 valence electrons. The molecule has 0 aliphatic heterocycles. The average Bonchev–Trinajstić information content (AvgIpc) is 3.62. The molecule has 4 rings (SSSR count). The second-order valence-corrected chi connectivity index (χ2v) is 8.60. The second-order valence-electron chi connectivity index (χ2n) is 8.16. The first-order valence-electron chi connectivity index (χ1n) is 10.9. The normalized spacial score (nSPS) is 13.9. The van der Waals surface area contributed by atoms with Crippen LogP contribution in [0.25, 0.3) is 0 Å². The molecule has 1 saturated carbocycles. The molecule has 0 bridgehead atoms. The van der Waals surface area contributed by atoms with Gasteiger partial charge in [0, 0.05) is 16.3 Å². The first-order chi connectivity index (χ1) is 17.5. The van der Waals surface area contributed by atoms with Gasteiger partial charge in [0.05, 0.1) is 5.54 Å². The van der Waals surface area contributed by atoms with Gasteiger partial charge in [-0.1, -0.05) is 23.7 Å². The minimum absolute atomic E-state index is 0.00629. The predicted molar refractivity (Wildman–Crippen MR) is 127 cm³/mol. The molecule has 37 heavy (non-hydrogen) atoms. The molecule has 3 aromatic rings. The SMILES string of the molecule is O=C(O)CNC(=O)c1ccc(Nc2nc(NC3(c4ccc(Cl)cc4)CC3)nc(OCC(F)(F)F)n2)cc1. The predicted octanol–water partition coefficient (Wildman–Crippen LogP) is 4.13. The molecular weight excluding hydrogens is 517 g/mol. The minimum atomic E-state index is -4.59. The Labute approximate surface area is 213 Å². The van der Waals surface area contributed by atoms with E-state index in [1.54, 1.807) is 12.1 Å². The van der Waals surface area contributed by atoms with E-state index in [9.17, 15) is 22.8 Å². The fraction of sp³-hybridized carbons (Fsp3) is 0.261. The number of ether oxygens (including phenoxy) is 1. The summed E-state index contributed by atoms with van der Waals surface area (Å²) in [6, 6.07) is 12.5. The number of aromatic nitrogens is 3. The third-order valence-electron chi connectivity index (χ3n) is 5.28. The van der Waals surface area contributed by atoms with Crippen LogP contribution in [0.5, 0.6) is 6.01 Å². The van der Waals surface area contributed by atoms with Crippen LogP contribution in [0.4, 0.5) is 30.8 Å². The number of benzene rings is 2. The van der Waals surface area contributed by atoms with Gasteiger partial charge in [0.1, 0.15) is 6.54 Å². The second kappa shape index (κ2) is 10.5. The highest BCUT2D eigenvalue weighted by Gasteiger charge is 2.45. The fourth-order valence-corrected chi connectivity index (χ4v) is 3.49. The van der Waals surface area contributed by atoms with Crippen LogP contribution in [-0.4, -0.2) is 51.3 Å². The number of carboxylic acid groups (broad SMARTS) is 1. The zero-order valence-corrected chi connectivity index (χ0v) is 19.7. The molecule has 2 aromatic carbocycles. The van der Waals surface area contributed by atoms with Crippen molar-refractivity contribution in [1.82, 2.24) is 20.3 Å². The Morgan fingerprint density at radius 1 is 1.00 bits per heavy atom. The summed E-state index contributed by atoms with van der Waals surface area (Å²) in [7, 11) is 0. The molecule has 1 aliphatic carbocycles. The molecule has 1 aliphatic rings. The van der Waals surface area contributed by atoms with E-state index < -0.39 is 42.8 Å². The third-order valence-corrected chi connectivity index (χ3v) is 5.53. The summed E-state index contributed by atoms with van der Waals surface area (Å²) in [6.45, 7) is -2.12. The number of carbonyl (C=O) groups is 2. The number of alkyl halides is 3. The Balaban J connectivity index is 1.54. The molecule has 1 fully saturated rings. The van der Waals surface area contributed by atoms with Crippen molar-refractivity contribution in [3.05, 3.63) is 64.7 Å². The highest BCUT2D eigenvalue weighted by Crippen LogP contribution is 2.48. The molecule has 1 heterocycles. The quantitative estimate of drug-likeness (QED) is 0.301. The van der Waals surface area contributed by atoms with E-state index in [2.05, 4.69) is 30.9 Å². The van der Waals surface area contributed by atoms with Gasteiger partial charge in [-0.2, -0.15) is 28.1 Å². The van der Waals surface area contributed by atoms with Crippen LogP contribution in [0, 0.1) is 0 Å². The third kappa shape index (κ3) is 7.19. The summed E-state index contributed by atoms with van der Waals surface area (Å²) in [4.78, 5) is 34.8. The van der Waals surface area contributed by atoms with Gasteiger partial charge in [-0.25, -0.2) is 0 Å². The summed E-state index contributed by atoms with van der Waals surface area (Å²) in [5.41, 5.74) is 1.03. The molecule has 1 amide bonds. The van der Waals surface area contributed by atoms with Gasteiger partial charge in [-0.15, -0.1) is 0 Å². The van der Waals surface area contributed by atoms with E-state index in [4.69, 9.17) is 21.4 Å². The summed E-state index contributed by atoms with van der Waals surface area (Å²) in [5, 5.41) is 17.5. The van der Waals surface area contributed by atoms with Crippen molar-refractivity contribution in [2.24, 2.45) is 0 Å². The highest BCUT2D eigenvalue weighted by molar-refractivity contribution is 6.30. The van der Waals surface area contributed by atoms with Crippen LogP contribution in [-0.2, 0) is 10.3 Å². The average molecular weight is 537 g/mol. The molecule has 0 unspecified atom stereocenters. The van der Waals surface area contributed by atoms with E-state index in [0.29, 0.717) is 10.7 Å². The smallest absolute Gasteiger partial charge is 0.422 e. The minimum Gasteiger partial charge on any atom is -0.480 e. The summed E-state index contributed by atoms with van der Waals surface area (Å²) < 4.78 is 42.9. The van der Waals surface area contributed by atoms with Crippen molar-refractivity contribution in [3.63, 3.8) is 0 Å². The van der Waals surface area contributed by atoms with Crippen molar-refractivity contribution < 1.29 is 32.6 Å². The fourth-order valence-electron chi connectivity index (χ4n) is 3.37. The number of aliphatic carboxylic acids is 1. The first-order valence-corrected chi connectivity index (χ1v) is 11.3. The Bertz CT molecular complexity index is 1290. The van der Waals surface area contributed by atoms with Crippen molar-refractivity contribution >= 4 is 41.1 Å². The lowest BCUT2D eigenvalue weighted by molar-refractivity contribution is -0.154. The molecule has 14 heteroatoms. The van der Waals surface area contributed by atoms with Crippen LogP contribution in [0.3, 0.4) is 0 Å². The van der Waals surface area contributed by atoms with E-state index in [0.717, 1.165) is 18.4 Å². The molecule has 0 radical (unpaired) electrons. The molecule has 10 nitrogen and oxygen atoms in total. The van der Waals surface area contributed by atoms with Crippen LogP contribution in [0.2, 0.25) is 5.02 Å². The molecule has 0 saturated heterocycles. The maximum atomic E-state index is 12.7. The highest BCUT2D eigenvalue weighted by atomic mass is 35.5. The van der Waals surface area contributed by atoms with E-state index in [1.807, 2.05) is 12.1 Å². The number of rotatable bonds is 10. The van der Waals surface area contributed by atoms with Gasteiger partial charge in [0.2, 0.25) is 11.9 Å². The van der Waals surface area contributed by atoms with Crippen LogP contribution < -0.4 is 20.7 Å². The molecular formula is C23H20ClF3N6O4. The van der Waals surface area contributed by atoms with Crippen LogP contribution >= 0.6 is 11.6 Å². The van der Waals surface area contributed by atoms with Crippen molar-refractivity contribution in [2.45, 2.75) is 24.6 Å². The van der Waals surface area contributed by atoms with E-state index >= 15 is 0 Å². The molecule has 0 atom stereocenters. The lowest BCUT2D eigenvalue weighted by Crippen LogP contribution is -2.29. The maximum absolute atomic E-state index is 12.7. The Hall–Kier alpha value is -4.13. The van der Waals surface area contributed by atoms with Crippen molar-refractivity contribution in [3.8, 4) is 6.01 Å². The van der Waals surface area contributed by atoms with Gasteiger partial charge in [0.25, 0.3) is 5.91 Å². The first kappa shape index (κ1) is 25.9. The number of carbonyl (C=O) groups excluding carboxylic acids is 1. The zero-order valence-electron chi connectivity index (χ0n) is 19.0. The topological polar surface area (TPSA) is 138 Å². The Morgan fingerprint density at radius 2 is 1.65 bits per heavy atom. The lowest BCUT2D eigenvalue weighted by atomic mass is 10.1. The molecule has 0 spiro atoms. The monoisotopic (exact) mass is 536 g/mol. The number of halogens is 4. The summed E-state index contributed by atoms with van der Waals surface area (Å²) >= 11 is 5.97. The summed E-state index contributed by atoms with van der Waals surface area (Å²) in [5.74, 6) is -1.85. The van der Waals surface area contributed by atoms with Crippen LogP contribution in [0.15, 0.2) is 48.5 Å². The van der Waals surface area contributed by atoms with Gasteiger partial charge < -0.3 is 25.8 Å². The van der Waals surface area contributed by atoms with Crippen molar-refractivity contribution in [2.75, 3.05) is 23.8 Å². The van der Waals surface area contributed by atoms with Crippen LogP contribution in [0.1, 0.15) is 28.8 Å². The number of hydrogen-bond donors (Lipinski definition) is 4. The van der Waals surface area contributed by atoms with Gasteiger partial charge in [-0.05, 0) is 54.8 Å². The maximum Gasteiger partial charge on any atom is 0.422 e. The molecule has 1 aromatic heterocycles. The Morgan fingerprint density at radius 3 is 2.24 bits per heavy atom. The number of hydrogen-bond acceptors (Lipinski definition) is 8. The van der Waals surface area contributed by atoms with E-state index in [-0.39, 0.29) is 17.5 Å². The van der Waals surface area contributed by atoms with Gasteiger partial charge >= 0.3 is 18.2 Å². The van der Waals surface area contributed by atoms with E-state index in [1.165, 1.54) is 24.3 Å². The number of amides is 1. The number of carboxylic acids is 1. The van der Waals surface area contributed by atoms with Gasteiger partial charge in [-0.3, -0.25) is 9.59 Å². The Kier molecular flexibility index (Phi) is 7.34.